The maximum Gasteiger partial charge on any atom is 0.0670 e. The van der Waals surface area contributed by atoms with Crippen LogP contribution in [0, 0.1) is 5.92 Å². The van der Waals surface area contributed by atoms with E-state index in [-0.39, 0.29) is 6.04 Å². The average Bonchev–Trinajstić information content (AvgIpc) is 2.70. The molecule has 6 heteroatoms. The van der Waals surface area contributed by atoms with Gasteiger partial charge in [0.1, 0.15) is 0 Å². The normalized spacial score (nSPS) is 21.8. The summed E-state index contributed by atoms with van der Waals surface area (Å²) in [6.07, 6.45) is 2.55. The van der Waals surface area contributed by atoms with E-state index in [0.717, 1.165) is 49.4 Å². The Morgan fingerprint density at radius 1 is 0.893 bits per heavy atom. The van der Waals surface area contributed by atoms with E-state index < -0.39 is 0 Å². The van der Waals surface area contributed by atoms with Gasteiger partial charge in [-0.2, -0.15) is 0 Å². The Morgan fingerprint density at radius 2 is 1.61 bits per heavy atom. The molecule has 2 aromatic rings. The van der Waals surface area contributed by atoms with Crippen LogP contribution in [0.4, 0.5) is 5.69 Å². The molecule has 1 unspecified atom stereocenters. The van der Waals surface area contributed by atoms with E-state index in [2.05, 4.69) is 27.2 Å². The zero-order valence-electron chi connectivity index (χ0n) is 15.9. The lowest BCUT2D eigenvalue weighted by atomic mass is 9.95. The second kappa shape index (κ2) is 9.23. The fourth-order valence-electron chi connectivity index (χ4n) is 4.41. The maximum atomic E-state index is 6.57. The summed E-state index contributed by atoms with van der Waals surface area (Å²) < 4.78 is 0. The number of nitrogens with one attached hydrogen (secondary N) is 1. The van der Waals surface area contributed by atoms with Crippen LogP contribution >= 0.6 is 34.8 Å². The minimum atomic E-state index is 0.242. The SMILES string of the molecule is Clc1ccc(C2CN(CC3CCNCC3)CCN2c2ccc(Cl)cc2Cl)cc1. The second-order valence-electron chi connectivity index (χ2n) is 7.81. The molecule has 2 aromatic carbocycles. The Bertz CT molecular complexity index is 790. The van der Waals surface area contributed by atoms with Crippen molar-refractivity contribution >= 4 is 40.5 Å². The molecule has 0 saturated carbocycles. The van der Waals surface area contributed by atoms with E-state index in [1.807, 2.05) is 30.3 Å². The zero-order valence-corrected chi connectivity index (χ0v) is 18.1. The van der Waals surface area contributed by atoms with Gasteiger partial charge in [-0.15, -0.1) is 0 Å². The van der Waals surface area contributed by atoms with Crippen LogP contribution < -0.4 is 10.2 Å². The predicted molar refractivity (Wildman–Crippen MR) is 120 cm³/mol. The van der Waals surface area contributed by atoms with Crippen LogP contribution in [-0.4, -0.2) is 44.2 Å². The Kier molecular flexibility index (Phi) is 6.70. The lowest BCUT2D eigenvalue weighted by Gasteiger charge is -2.44. The van der Waals surface area contributed by atoms with Crippen molar-refractivity contribution in [2.75, 3.05) is 44.2 Å². The summed E-state index contributed by atoms with van der Waals surface area (Å²) in [5.41, 5.74) is 2.32. The molecule has 0 aliphatic carbocycles. The van der Waals surface area contributed by atoms with Crippen LogP contribution in [0.15, 0.2) is 42.5 Å². The summed E-state index contributed by atoms with van der Waals surface area (Å²) in [7, 11) is 0. The molecule has 0 spiro atoms. The molecule has 2 aliphatic rings. The number of rotatable bonds is 4. The minimum absolute atomic E-state index is 0.242. The van der Waals surface area contributed by atoms with Gasteiger partial charge in [-0.3, -0.25) is 4.90 Å². The number of nitrogens with zero attached hydrogens (tertiary/aromatic N) is 2. The summed E-state index contributed by atoms with van der Waals surface area (Å²) in [6.45, 7) is 6.45. The van der Waals surface area contributed by atoms with Crippen LogP contribution in [0.5, 0.6) is 0 Å². The second-order valence-corrected chi connectivity index (χ2v) is 9.09. The molecule has 4 rings (SSSR count). The summed E-state index contributed by atoms with van der Waals surface area (Å²) in [4.78, 5) is 5.04. The Hall–Kier alpha value is -0.970. The number of anilines is 1. The summed E-state index contributed by atoms with van der Waals surface area (Å²) >= 11 is 18.8. The number of hydrogen-bond acceptors (Lipinski definition) is 3. The van der Waals surface area contributed by atoms with E-state index in [1.165, 1.54) is 24.9 Å². The molecular formula is C22H26Cl3N3. The first-order valence-electron chi connectivity index (χ1n) is 10.0. The Morgan fingerprint density at radius 3 is 2.32 bits per heavy atom. The molecule has 150 valence electrons. The number of benzene rings is 2. The summed E-state index contributed by atoms with van der Waals surface area (Å²) in [5, 5.41) is 5.61. The fourth-order valence-corrected chi connectivity index (χ4v) is 5.05. The molecule has 0 radical (unpaired) electrons. The van der Waals surface area contributed by atoms with Crippen molar-refractivity contribution in [2.45, 2.75) is 18.9 Å². The van der Waals surface area contributed by atoms with Crippen molar-refractivity contribution in [2.24, 2.45) is 5.92 Å². The molecule has 1 N–H and O–H groups in total. The molecule has 0 amide bonds. The van der Waals surface area contributed by atoms with Crippen LogP contribution in [0.3, 0.4) is 0 Å². The van der Waals surface area contributed by atoms with Crippen molar-refractivity contribution in [3.05, 3.63) is 63.1 Å². The van der Waals surface area contributed by atoms with E-state index in [4.69, 9.17) is 34.8 Å². The van der Waals surface area contributed by atoms with Gasteiger partial charge in [-0.1, -0.05) is 46.9 Å². The van der Waals surface area contributed by atoms with Crippen molar-refractivity contribution in [1.82, 2.24) is 10.2 Å². The molecule has 28 heavy (non-hydrogen) atoms. The van der Waals surface area contributed by atoms with Gasteiger partial charge in [0.25, 0.3) is 0 Å². The molecule has 3 nitrogen and oxygen atoms in total. The number of halogens is 3. The van der Waals surface area contributed by atoms with Gasteiger partial charge in [0.05, 0.1) is 16.8 Å². The first kappa shape index (κ1) is 20.3. The highest BCUT2D eigenvalue weighted by atomic mass is 35.5. The topological polar surface area (TPSA) is 18.5 Å². The van der Waals surface area contributed by atoms with Crippen LogP contribution in [0.2, 0.25) is 15.1 Å². The zero-order chi connectivity index (χ0) is 19.5. The van der Waals surface area contributed by atoms with E-state index in [0.29, 0.717) is 10.0 Å². The van der Waals surface area contributed by atoms with Crippen molar-refractivity contribution in [1.29, 1.82) is 0 Å². The molecule has 0 bridgehead atoms. The Labute approximate surface area is 182 Å². The number of piperazine rings is 1. The summed E-state index contributed by atoms with van der Waals surface area (Å²) in [5.74, 6) is 0.790. The third-order valence-corrected chi connectivity index (χ3v) is 6.70. The van der Waals surface area contributed by atoms with Crippen LogP contribution in [-0.2, 0) is 0 Å². The molecule has 2 fully saturated rings. The standard InChI is InChI=1S/C22H26Cl3N3/c23-18-3-1-17(2-4-18)22-15-27(14-16-7-9-26-10-8-16)11-12-28(22)21-6-5-19(24)13-20(21)25/h1-6,13,16,22,26H,7-12,14-15H2. The first-order chi connectivity index (χ1) is 13.6. The average molecular weight is 439 g/mol. The van der Waals surface area contributed by atoms with Gasteiger partial charge in [-0.05, 0) is 67.7 Å². The van der Waals surface area contributed by atoms with Gasteiger partial charge in [-0.25, -0.2) is 0 Å². The number of hydrogen-bond donors (Lipinski definition) is 1. The Balaban J connectivity index is 1.58. The molecule has 2 aliphatic heterocycles. The smallest absolute Gasteiger partial charge is 0.0670 e. The molecule has 0 aromatic heterocycles. The van der Waals surface area contributed by atoms with Gasteiger partial charge >= 0.3 is 0 Å². The summed E-state index contributed by atoms with van der Waals surface area (Å²) in [6, 6.07) is 14.3. The minimum Gasteiger partial charge on any atom is -0.361 e. The monoisotopic (exact) mass is 437 g/mol. The number of piperidine rings is 1. The predicted octanol–water partition coefficient (Wildman–Crippen LogP) is 5.51. The molecule has 1 atom stereocenters. The fraction of sp³-hybridized carbons (Fsp3) is 0.455. The maximum absolute atomic E-state index is 6.57. The van der Waals surface area contributed by atoms with Gasteiger partial charge in [0.15, 0.2) is 0 Å². The molecular weight excluding hydrogens is 413 g/mol. The highest BCUT2D eigenvalue weighted by Crippen LogP contribution is 2.37. The van der Waals surface area contributed by atoms with Crippen molar-refractivity contribution in [3.8, 4) is 0 Å². The third kappa shape index (κ3) is 4.77. The lowest BCUT2D eigenvalue weighted by molar-refractivity contribution is 0.174. The van der Waals surface area contributed by atoms with Crippen molar-refractivity contribution < 1.29 is 0 Å². The molecule has 2 saturated heterocycles. The van der Waals surface area contributed by atoms with Gasteiger partial charge in [0, 0.05) is 36.2 Å². The van der Waals surface area contributed by atoms with E-state index >= 15 is 0 Å². The highest BCUT2D eigenvalue weighted by Gasteiger charge is 2.31. The van der Waals surface area contributed by atoms with Crippen molar-refractivity contribution in [3.63, 3.8) is 0 Å². The van der Waals surface area contributed by atoms with Gasteiger partial charge in [0.2, 0.25) is 0 Å². The van der Waals surface area contributed by atoms with E-state index in [9.17, 15) is 0 Å². The van der Waals surface area contributed by atoms with Gasteiger partial charge < -0.3 is 10.2 Å². The quantitative estimate of drug-likeness (QED) is 0.679. The lowest BCUT2D eigenvalue weighted by Crippen LogP contribution is -2.50. The molecule has 2 heterocycles. The first-order valence-corrected chi connectivity index (χ1v) is 11.1. The third-order valence-electron chi connectivity index (χ3n) is 5.91. The van der Waals surface area contributed by atoms with Crippen LogP contribution in [0.1, 0.15) is 24.4 Å². The highest BCUT2D eigenvalue weighted by molar-refractivity contribution is 6.36. The van der Waals surface area contributed by atoms with E-state index in [1.54, 1.807) is 0 Å². The largest absolute Gasteiger partial charge is 0.361 e. The van der Waals surface area contributed by atoms with Crippen LogP contribution in [0.25, 0.3) is 0 Å².